The quantitative estimate of drug-likeness (QED) is 0.101. The fourth-order valence-corrected chi connectivity index (χ4v) is 16.0. The summed E-state index contributed by atoms with van der Waals surface area (Å²) in [5.74, 6) is 4.81. The zero-order chi connectivity index (χ0) is 54.6. The third-order valence-electron chi connectivity index (χ3n) is 19.2. The molecule has 1 aliphatic heterocycles. The van der Waals surface area contributed by atoms with Crippen molar-refractivity contribution >= 4 is 66.1 Å². The predicted molar refractivity (Wildman–Crippen MR) is 340 cm³/mol. The summed E-state index contributed by atoms with van der Waals surface area (Å²) in [6.45, 7) is 2.22. The van der Waals surface area contributed by atoms with E-state index >= 15 is 0 Å². The minimum absolute atomic E-state index is 0. The smallest absolute Gasteiger partial charge is 0.135 e. The molecule has 0 unspecified atom stereocenters. The number of hydrogen-bond donors (Lipinski definition) is 0. The number of hydrogen-bond acceptors (Lipinski definition) is 4. The molecule has 6 heteroatoms. The number of rotatable bonds is 10. The summed E-state index contributed by atoms with van der Waals surface area (Å²) < 4.78 is 9.45. The van der Waals surface area contributed by atoms with E-state index in [1.54, 1.807) is 0 Å². The maximum atomic E-state index is 7.12. The molecule has 4 saturated carbocycles. The topological polar surface area (TPSA) is 33.5 Å². The first-order valence-electron chi connectivity index (χ1n) is 29.5. The van der Waals surface area contributed by atoms with Gasteiger partial charge in [-0.25, -0.2) is 4.98 Å². The van der Waals surface area contributed by atoms with Crippen molar-refractivity contribution in [1.82, 2.24) is 9.55 Å². The van der Waals surface area contributed by atoms with Crippen LogP contribution < -0.4 is 14.5 Å². The molecular formula is C78H57N4OPt-3. The number of para-hydroxylation sites is 4. The Hall–Kier alpha value is -9.02. The van der Waals surface area contributed by atoms with E-state index in [2.05, 4.69) is 288 Å². The second-order valence-electron chi connectivity index (χ2n) is 23.6. The average molecular weight is 1260 g/mol. The average Bonchev–Trinajstić information content (AvgIpc) is 0.936. The van der Waals surface area contributed by atoms with Crippen LogP contribution in [0.15, 0.2) is 255 Å². The van der Waals surface area contributed by atoms with Crippen molar-refractivity contribution in [3.63, 3.8) is 0 Å². The van der Waals surface area contributed by atoms with Gasteiger partial charge in [-0.3, -0.25) is 0 Å². The maximum Gasteiger partial charge on any atom is 0.135 e. The van der Waals surface area contributed by atoms with E-state index in [4.69, 9.17) is 9.72 Å². The molecule has 3 heterocycles. The van der Waals surface area contributed by atoms with Gasteiger partial charge in [0.25, 0.3) is 0 Å². The van der Waals surface area contributed by atoms with Gasteiger partial charge in [0, 0.05) is 77.9 Å². The molecule has 5 nitrogen and oxygen atoms in total. The number of ether oxygens (including phenoxy) is 1. The van der Waals surface area contributed by atoms with Gasteiger partial charge in [0.2, 0.25) is 0 Å². The van der Waals surface area contributed by atoms with Gasteiger partial charge in [-0.1, -0.05) is 200 Å². The predicted octanol–water partition coefficient (Wildman–Crippen LogP) is 20.0. The van der Waals surface area contributed by atoms with Crippen LogP contribution in [0.2, 0.25) is 0 Å². The van der Waals surface area contributed by atoms with Gasteiger partial charge in [0.1, 0.15) is 5.82 Å². The number of nitrogens with zero attached hydrogens (tertiary/aromatic N) is 4. The summed E-state index contributed by atoms with van der Waals surface area (Å²) in [5.41, 5.74) is 15.5. The number of benzene rings is 11. The van der Waals surface area contributed by atoms with Gasteiger partial charge < -0.3 is 19.1 Å². The normalized spacial score (nSPS) is 19.5. The molecule has 4 aliphatic carbocycles. The zero-order valence-corrected chi connectivity index (χ0v) is 48.5. The summed E-state index contributed by atoms with van der Waals surface area (Å²) in [5, 5.41) is 7.60. The van der Waals surface area contributed by atoms with Crippen LogP contribution in [-0.2, 0) is 26.5 Å². The molecule has 0 radical (unpaired) electrons. The van der Waals surface area contributed by atoms with Gasteiger partial charge in [0.05, 0.1) is 0 Å². The van der Waals surface area contributed by atoms with E-state index in [-0.39, 0.29) is 26.5 Å². The molecule has 84 heavy (non-hydrogen) atoms. The van der Waals surface area contributed by atoms with Gasteiger partial charge in [0.15, 0.2) is 0 Å². The van der Waals surface area contributed by atoms with Crippen LogP contribution in [0.25, 0.3) is 82.5 Å². The number of anilines is 4. The van der Waals surface area contributed by atoms with E-state index in [1.807, 2.05) is 0 Å². The standard InChI is InChI=1S/C78H57N4O.Pt/c1-4-18-53(19-5-1)57-45-61(80-50-81(74-33-15-14-32-73(74)80)77-65(54-20-6-2-7-21-54)27-16-28-66(77)55-22-8-3-9-23-55)48-63(46-57)83-62-35-37-70-69-26-12-13-31-72(69)82(75(70)49-62)76-47-58(38-39-79-76)78(59-41-51-40-52(43-59)44-60(78)42-51)71-30-17-29-67-64-25-11-10-24-56(64)34-36-68(67)71;/h1-39,45-47,50-52,59-60H,40-44H2;/q-3;. The molecule has 13 aromatic rings. The van der Waals surface area contributed by atoms with Gasteiger partial charge in [-0.2, -0.15) is 6.07 Å². The Labute approximate surface area is 504 Å². The monoisotopic (exact) mass is 1260 g/mol. The molecule has 0 N–H and O–H groups in total. The summed E-state index contributed by atoms with van der Waals surface area (Å²) >= 11 is 0. The van der Waals surface area contributed by atoms with Crippen LogP contribution in [0.3, 0.4) is 0 Å². The molecule has 0 amide bonds. The first kappa shape index (κ1) is 50.7. The van der Waals surface area contributed by atoms with Crippen molar-refractivity contribution in [3.8, 4) is 50.7 Å². The van der Waals surface area contributed by atoms with Crippen LogP contribution in [-0.4, -0.2) is 9.55 Å². The first-order valence-corrected chi connectivity index (χ1v) is 29.5. The Morgan fingerprint density at radius 2 is 1.06 bits per heavy atom. The Bertz CT molecular complexity index is 4580. The third kappa shape index (κ3) is 8.11. The number of fused-ring (bicyclic) bond motifs is 7. The molecule has 0 atom stereocenters. The number of pyridine rings is 1. The Morgan fingerprint density at radius 1 is 0.452 bits per heavy atom. The SMILES string of the molecule is [Pt].[c-]1c(Oc2[c-]c3c(cc2)c2ccccc2n3-c2cc(C3(c4cccc5c4ccc4ccccc45)C4CC5CC(C4)CC3C5)ccn2)cc(-c2ccccc2)cc1N1[CH-]N(c2c(-c3ccccc3)cccc2-c2ccccc2)c2ccccc21. The molecule has 4 fully saturated rings. The first-order chi connectivity index (χ1) is 41.1. The second kappa shape index (κ2) is 20.4. The van der Waals surface area contributed by atoms with Crippen LogP contribution in [0.1, 0.15) is 43.2 Å². The minimum Gasteiger partial charge on any atom is -0.509 e. The van der Waals surface area contributed by atoms with E-state index < -0.39 is 0 Å². The molecule has 408 valence electrons. The largest absolute Gasteiger partial charge is 0.509 e. The van der Waals surface area contributed by atoms with Gasteiger partial charge >= 0.3 is 0 Å². The van der Waals surface area contributed by atoms with E-state index in [9.17, 15) is 0 Å². The van der Waals surface area contributed by atoms with Crippen LogP contribution in [0, 0.1) is 42.5 Å². The Morgan fingerprint density at radius 3 is 1.79 bits per heavy atom. The summed E-state index contributed by atoms with van der Waals surface area (Å²) in [7, 11) is 0. The van der Waals surface area contributed by atoms with Crippen LogP contribution in [0.4, 0.5) is 22.7 Å². The van der Waals surface area contributed by atoms with Gasteiger partial charge in [-0.05, 0) is 141 Å². The Kier molecular flexibility index (Phi) is 12.3. The zero-order valence-electron chi connectivity index (χ0n) is 46.2. The van der Waals surface area contributed by atoms with E-state index in [0.29, 0.717) is 23.3 Å². The van der Waals surface area contributed by atoms with Crippen LogP contribution in [0.5, 0.6) is 11.5 Å². The van der Waals surface area contributed by atoms with Crippen molar-refractivity contribution in [3.05, 3.63) is 285 Å². The maximum absolute atomic E-state index is 7.12. The molecule has 18 rings (SSSR count). The van der Waals surface area contributed by atoms with Gasteiger partial charge in [-0.15, -0.1) is 53.6 Å². The molecule has 4 bridgehead atoms. The van der Waals surface area contributed by atoms with E-state index in [0.717, 1.165) is 95.6 Å². The summed E-state index contributed by atoms with van der Waals surface area (Å²) in [6, 6.07) is 97.9. The second-order valence-corrected chi connectivity index (χ2v) is 23.6. The molecule has 5 aliphatic rings. The Balaban J connectivity index is 0.00000577. The van der Waals surface area contributed by atoms with Crippen LogP contribution >= 0.6 is 0 Å². The summed E-state index contributed by atoms with van der Waals surface area (Å²) in [6.07, 6.45) is 8.59. The fourth-order valence-electron chi connectivity index (χ4n) is 16.0. The summed E-state index contributed by atoms with van der Waals surface area (Å²) in [4.78, 5) is 9.92. The van der Waals surface area contributed by atoms with E-state index in [1.165, 1.54) is 64.8 Å². The molecule has 0 saturated heterocycles. The molecule has 2 aromatic heterocycles. The van der Waals surface area contributed by atoms with Crippen molar-refractivity contribution in [2.75, 3.05) is 9.80 Å². The van der Waals surface area contributed by atoms with Crippen molar-refractivity contribution in [1.29, 1.82) is 0 Å². The molecule has 0 spiro atoms. The third-order valence-corrected chi connectivity index (χ3v) is 19.2. The van der Waals surface area contributed by atoms with Crippen molar-refractivity contribution < 1.29 is 25.8 Å². The fraction of sp³-hybridized carbons (Fsp3) is 0.128. The van der Waals surface area contributed by atoms with Crippen molar-refractivity contribution in [2.24, 2.45) is 23.7 Å². The molecule has 11 aromatic carbocycles. The molecular weight excluding hydrogens is 1200 g/mol. The number of aromatic nitrogens is 2. The van der Waals surface area contributed by atoms with Crippen molar-refractivity contribution in [2.45, 2.75) is 37.5 Å². The minimum atomic E-state index is -0.152.